The second-order valence-corrected chi connectivity index (χ2v) is 5.05. The van der Waals surface area contributed by atoms with Crippen LogP contribution in [0.3, 0.4) is 0 Å². The van der Waals surface area contributed by atoms with Crippen LogP contribution < -0.4 is 10.5 Å². The monoisotopic (exact) mass is 284 g/mol. The van der Waals surface area contributed by atoms with Crippen molar-refractivity contribution < 1.29 is 9.53 Å². The second-order valence-electron chi connectivity index (χ2n) is 5.05. The molecule has 0 aromatic heterocycles. The van der Waals surface area contributed by atoms with E-state index in [1.807, 2.05) is 43.3 Å². The molecule has 110 valence electrons. The molecule has 0 radical (unpaired) electrons. The quantitative estimate of drug-likeness (QED) is 0.859. The zero-order valence-corrected chi connectivity index (χ0v) is 12.4. The smallest absolute Gasteiger partial charge is 0.260 e. The highest BCUT2D eigenvalue weighted by molar-refractivity contribution is 5.77. The maximum absolute atomic E-state index is 12.1. The number of carbonyl (C=O) groups excluding carboxylic acids is 1. The molecule has 1 amide bonds. The van der Waals surface area contributed by atoms with Crippen LogP contribution in [-0.2, 0) is 11.3 Å². The summed E-state index contributed by atoms with van der Waals surface area (Å²) in [4.78, 5) is 13.7. The minimum absolute atomic E-state index is 0.0219. The van der Waals surface area contributed by atoms with Crippen LogP contribution >= 0.6 is 0 Å². The van der Waals surface area contributed by atoms with Crippen LogP contribution in [0.5, 0.6) is 5.75 Å². The Labute approximate surface area is 125 Å². The third kappa shape index (κ3) is 4.24. The van der Waals surface area contributed by atoms with E-state index in [1.165, 1.54) is 0 Å². The van der Waals surface area contributed by atoms with Gasteiger partial charge in [0.05, 0.1) is 0 Å². The molecule has 0 saturated carbocycles. The molecule has 0 fully saturated rings. The van der Waals surface area contributed by atoms with Gasteiger partial charge in [-0.2, -0.15) is 0 Å². The molecule has 0 spiro atoms. The fourth-order valence-electron chi connectivity index (χ4n) is 2.03. The highest BCUT2D eigenvalue weighted by atomic mass is 16.5. The lowest BCUT2D eigenvalue weighted by atomic mass is 10.2. The topological polar surface area (TPSA) is 55.6 Å². The average Bonchev–Trinajstić information content (AvgIpc) is 2.47. The van der Waals surface area contributed by atoms with Crippen molar-refractivity contribution in [2.24, 2.45) is 0 Å². The fraction of sp³-hybridized carbons (Fsp3) is 0.235. The number of nitrogen functional groups attached to an aromatic ring is 1. The molecule has 2 rings (SSSR count). The molecule has 4 nitrogen and oxygen atoms in total. The van der Waals surface area contributed by atoms with Gasteiger partial charge in [0, 0.05) is 19.3 Å². The van der Waals surface area contributed by atoms with Crippen molar-refractivity contribution in [3.8, 4) is 5.75 Å². The van der Waals surface area contributed by atoms with E-state index in [2.05, 4.69) is 0 Å². The number of nitrogens with zero attached hydrogens (tertiary/aromatic N) is 1. The lowest BCUT2D eigenvalue weighted by Crippen LogP contribution is -2.31. The van der Waals surface area contributed by atoms with Gasteiger partial charge < -0.3 is 15.4 Å². The normalized spacial score (nSPS) is 10.2. The molecule has 0 aliphatic carbocycles. The summed E-state index contributed by atoms with van der Waals surface area (Å²) >= 11 is 0. The van der Waals surface area contributed by atoms with Crippen molar-refractivity contribution in [2.75, 3.05) is 19.4 Å². The molecule has 21 heavy (non-hydrogen) atoms. The number of amides is 1. The summed E-state index contributed by atoms with van der Waals surface area (Å²) in [5, 5.41) is 0. The molecular formula is C17H20N2O2. The number of ether oxygens (including phenoxy) is 1. The van der Waals surface area contributed by atoms with Gasteiger partial charge in [-0.3, -0.25) is 4.79 Å². The first-order chi connectivity index (χ1) is 10.1. The van der Waals surface area contributed by atoms with E-state index in [9.17, 15) is 4.79 Å². The van der Waals surface area contributed by atoms with Gasteiger partial charge in [0.15, 0.2) is 6.61 Å². The number of rotatable bonds is 5. The number of hydrogen-bond acceptors (Lipinski definition) is 3. The summed E-state index contributed by atoms with van der Waals surface area (Å²) in [7, 11) is 1.77. The summed E-state index contributed by atoms with van der Waals surface area (Å²) in [6, 6.07) is 15.2. The third-order valence-electron chi connectivity index (χ3n) is 3.24. The Hall–Kier alpha value is -2.49. The van der Waals surface area contributed by atoms with Crippen molar-refractivity contribution in [3.63, 3.8) is 0 Å². The van der Waals surface area contributed by atoms with E-state index >= 15 is 0 Å². The zero-order chi connectivity index (χ0) is 15.2. The Balaban J connectivity index is 1.89. The van der Waals surface area contributed by atoms with Crippen LogP contribution in [0.4, 0.5) is 5.69 Å². The van der Waals surface area contributed by atoms with Crippen molar-refractivity contribution in [3.05, 3.63) is 59.7 Å². The summed E-state index contributed by atoms with van der Waals surface area (Å²) in [5.41, 5.74) is 8.39. The molecule has 4 heteroatoms. The first-order valence-corrected chi connectivity index (χ1v) is 6.83. The predicted molar refractivity (Wildman–Crippen MR) is 84.0 cm³/mol. The Bertz CT molecular complexity index is 611. The van der Waals surface area contributed by atoms with E-state index in [-0.39, 0.29) is 12.5 Å². The second kappa shape index (κ2) is 6.79. The van der Waals surface area contributed by atoms with Crippen LogP contribution in [0.15, 0.2) is 48.5 Å². The molecular weight excluding hydrogens is 264 g/mol. The number of anilines is 1. The molecule has 0 unspecified atom stereocenters. The van der Waals surface area contributed by atoms with E-state index < -0.39 is 0 Å². The van der Waals surface area contributed by atoms with Gasteiger partial charge in [0.2, 0.25) is 0 Å². The predicted octanol–water partition coefficient (Wildman–Crippen LogP) is 2.61. The first-order valence-electron chi connectivity index (χ1n) is 6.83. The van der Waals surface area contributed by atoms with Crippen molar-refractivity contribution in [1.82, 2.24) is 4.90 Å². The number of likely N-dealkylation sites (N-methyl/N-ethyl adjacent to an activating group) is 1. The van der Waals surface area contributed by atoms with Gasteiger partial charge in [0.25, 0.3) is 5.91 Å². The molecule has 0 heterocycles. The third-order valence-corrected chi connectivity index (χ3v) is 3.24. The van der Waals surface area contributed by atoms with Crippen molar-refractivity contribution >= 4 is 11.6 Å². The highest BCUT2D eigenvalue weighted by Crippen LogP contribution is 2.20. The van der Waals surface area contributed by atoms with Gasteiger partial charge in [-0.25, -0.2) is 0 Å². The Morgan fingerprint density at radius 2 is 1.90 bits per heavy atom. The van der Waals surface area contributed by atoms with E-state index in [4.69, 9.17) is 10.5 Å². The van der Waals surface area contributed by atoms with Gasteiger partial charge in [-0.05, 0) is 36.2 Å². The van der Waals surface area contributed by atoms with E-state index in [0.29, 0.717) is 18.0 Å². The van der Waals surface area contributed by atoms with Crippen LogP contribution in [-0.4, -0.2) is 24.5 Å². The molecule has 2 N–H and O–H groups in total. The summed E-state index contributed by atoms with van der Waals surface area (Å²) < 4.78 is 5.57. The Morgan fingerprint density at radius 1 is 1.19 bits per heavy atom. The van der Waals surface area contributed by atoms with E-state index in [0.717, 1.165) is 11.1 Å². The van der Waals surface area contributed by atoms with Gasteiger partial charge in [0.1, 0.15) is 5.75 Å². The molecule has 2 aromatic carbocycles. The highest BCUT2D eigenvalue weighted by Gasteiger charge is 2.11. The minimum atomic E-state index is -0.0601. The summed E-state index contributed by atoms with van der Waals surface area (Å²) in [5.74, 6) is 0.626. The van der Waals surface area contributed by atoms with Crippen LogP contribution in [0, 0.1) is 6.92 Å². The Morgan fingerprint density at radius 3 is 2.57 bits per heavy atom. The van der Waals surface area contributed by atoms with Gasteiger partial charge >= 0.3 is 0 Å². The Kier molecular flexibility index (Phi) is 4.82. The summed E-state index contributed by atoms with van der Waals surface area (Å²) in [6.07, 6.45) is 0. The zero-order valence-electron chi connectivity index (χ0n) is 12.4. The summed E-state index contributed by atoms with van der Waals surface area (Å²) in [6.45, 7) is 2.50. The molecule has 0 bridgehead atoms. The van der Waals surface area contributed by atoms with E-state index in [1.54, 1.807) is 24.1 Å². The molecule has 0 atom stereocenters. The minimum Gasteiger partial charge on any atom is -0.483 e. The van der Waals surface area contributed by atoms with Gasteiger partial charge in [-0.1, -0.05) is 30.3 Å². The number of hydrogen-bond donors (Lipinski definition) is 1. The van der Waals surface area contributed by atoms with Crippen LogP contribution in [0.1, 0.15) is 11.1 Å². The molecule has 0 aliphatic heterocycles. The van der Waals surface area contributed by atoms with Gasteiger partial charge in [-0.15, -0.1) is 0 Å². The number of aryl methyl sites for hydroxylation is 1. The number of carbonyl (C=O) groups is 1. The standard InChI is InChI=1S/C17H20N2O2/c1-13-10-15(18)8-9-16(13)21-12-17(20)19(2)11-14-6-4-3-5-7-14/h3-10H,11-12,18H2,1-2H3. The molecule has 0 saturated heterocycles. The SMILES string of the molecule is Cc1cc(N)ccc1OCC(=O)N(C)Cc1ccccc1. The van der Waals surface area contributed by atoms with Crippen LogP contribution in [0.25, 0.3) is 0 Å². The van der Waals surface area contributed by atoms with Crippen LogP contribution in [0.2, 0.25) is 0 Å². The largest absolute Gasteiger partial charge is 0.483 e. The van der Waals surface area contributed by atoms with Crippen molar-refractivity contribution in [1.29, 1.82) is 0 Å². The molecule has 2 aromatic rings. The lowest BCUT2D eigenvalue weighted by Gasteiger charge is -2.18. The number of nitrogens with two attached hydrogens (primary N) is 1. The maximum Gasteiger partial charge on any atom is 0.260 e. The fourth-order valence-corrected chi connectivity index (χ4v) is 2.03. The maximum atomic E-state index is 12.1. The van der Waals surface area contributed by atoms with Crippen molar-refractivity contribution in [2.45, 2.75) is 13.5 Å². The first kappa shape index (κ1) is 14.9. The number of benzene rings is 2. The molecule has 0 aliphatic rings. The average molecular weight is 284 g/mol. The lowest BCUT2D eigenvalue weighted by molar-refractivity contribution is -0.132.